The maximum atomic E-state index is 12.0. The third kappa shape index (κ3) is 4.41. The molecule has 1 saturated heterocycles. The van der Waals surface area contributed by atoms with E-state index in [-0.39, 0.29) is 17.9 Å². The number of nitrogens with zero attached hydrogens (tertiary/aromatic N) is 1. The quantitative estimate of drug-likeness (QED) is 0.670. The molecule has 1 aromatic heterocycles. The zero-order valence-corrected chi connectivity index (χ0v) is 11.2. The van der Waals surface area contributed by atoms with Crippen molar-refractivity contribution in [3.63, 3.8) is 0 Å². The summed E-state index contributed by atoms with van der Waals surface area (Å²) < 4.78 is 0. The summed E-state index contributed by atoms with van der Waals surface area (Å²) >= 11 is 0. The van der Waals surface area contributed by atoms with Crippen molar-refractivity contribution in [2.45, 2.75) is 18.9 Å². The molecule has 0 aliphatic carbocycles. The van der Waals surface area contributed by atoms with Crippen LogP contribution in [0.2, 0.25) is 0 Å². The summed E-state index contributed by atoms with van der Waals surface area (Å²) in [5.41, 5.74) is 0.867. The highest BCUT2D eigenvalue weighted by molar-refractivity contribution is 5.94. The van der Waals surface area contributed by atoms with Gasteiger partial charge in [0.2, 0.25) is 5.91 Å². The first-order valence-electron chi connectivity index (χ1n) is 6.48. The summed E-state index contributed by atoms with van der Waals surface area (Å²) in [6.07, 6.45) is 6.40. The molecule has 0 aromatic carbocycles. The van der Waals surface area contributed by atoms with Gasteiger partial charge in [-0.05, 0) is 24.1 Å². The van der Waals surface area contributed by atoms with Gasteiger partial charge in [0.15, 0.2) is 0 Å². The van der Waals surface area contributed by atoms with Crippen molar-refractivity contribution >= 4 is 23.9 Å². The first-order valence-corrected chi connectivity index (χ1v) is 6.48. The number of hydrogen-bond donors (Lipinski definition) is 3. The van der Waals surface area contributed by atoms with Crippen LogP contribution in [0.15, 0.2) is 24.5 Å². The summed E-state index contributed by atoms with van der Waals surface area (Å²) in [6, 6.07) is 1.51. The van der Waals surface area contributed by atoms with Crippen LogP contribution >= 0.6 is 0 Å². The number of carboxylic acids is 1. The van der Waals surface area contributed by atoms with Gasteiger partial charge >= 0.3 is 5.97 Å². The van der Waals surface area contributed by atoms with Gasteiger partial charge < -0.3 is 15.7 Å². The summed E-state index contributed by atoms with van der Waals surface area (Å²) in [5.74, 6) is -1.38. The molecule has 0 radical (unpaired) electrons. The van der Waals surface area contributed by atoms with Crippen LogP contribution in [0.3, 0.4) is 0 Å². The number of carbonyl (C=O) groups is 3. The first kappa shape index (κ1) is 14.7. The minimum atomic E-state index is -1.07. The molecule has 21 heavy (non-hydrogen) atoms. The lowest BCUT2D eigenvalue weighted by Gasteiger charge is -2.11. The fourth-order valence-electron chi connectivity index (χ4n) is 1.99. The van der Waals surface area contributed by atoms with Crippen molar-refractivity contribution in [2.24, 2.45) is 0 Å². The van der Waals surface area contributed by atoms with Crippen LogP contribution in [0, 0.1) is 0 Å². The van der Waals surface area contributed by atoms with Crippen molar-refractivity contribution in [3.8, 4) is 0 Å². The van der Waals surface area contributed by atoms with E-state index in [1.165, 1.54) is 18.5 Å². The number of pyridine rings is 1. The number of carboxylic acid groups (broad SMARTS) is 1. The maximum Gasteiger partial charge on any atom is 0.328 e. The van der Waals surface area contributed by atoms with Crippen molar-refractivity contribution in [1.29, 1.82) is 0 Å². The first-order chi connectivity index (χ1) is 10.0. The van der Waals surface area contributed by atoms with Crippen LogP contribution < -0.4 is 10.6 Å². The summed E-state index contributed by atoms with van der Waals surface area (Å²) in [4.78, 5) is 37.4. The van der Waals surface area contributed by atoms with Gasteiger partial charge in [0.05, 0.1) is 5.56 Å². The molecule has 2 amide bonds. The minimum Gasteiger partial charge on any atom is -0.478 e. The Bertz CT molecular complexity index is 598. The minimum absolute atomic E-state index is 0.00304. The molecule has 3 N–H and O–H groups in total. The van der Waals surface area contributed by atoms with E-state index in [9.17, 15) is 14.4 Å². The number of aromatic nitrogens is 1. The molecular formula is C14H15N3O4. The molecule has 0 saturated carbocycles. The Morgan fingerprint density at radius 1 is 1.48 bits per heavy atom. The zero-order chi connectivity index (χ0) is 15.2. The largest absolute Gasteiger partial charge is 0.478 e. The Morgan fingerprint density at radius 3 is 2.95 bits per heavy atom. The Balaban J connectivity index is 1.94. The third-order valence-corrected chi connectivity index (χ3v) is 3.03. The SMILES string of the molecule is O=C(O)C=Cc1cncc(C(=O)NCC2CCC(=O)N2)c1. The van der Waals surface area contributed by atoms with Gasteiger partial charge in [-0.2, -0.15) is 0 Å². The number of hydrogen-bond acceptors (Lipinski definition) is 4. The van der Waals surface area contributed by atoms with E-state index in [2.05, 4.69) is 15.6 Å². The molecule has 1 aliphatic rings. The normalized spacial score (nSPS) is 17.7. The molecule has 7 nitrogen and oxygen atoms in total. The lowest BCUT2D eigenvalue weighted by molar-refractivity contribution is -0.131. The van der Waals surface area contributed by atoms with Gasteiger partial charge in [0, 0.05) is 37.5 Å². The monoisotopic (exact) mass is 289 g/mol. The van der Waals surface area contributed by atoms with E-state index in [4.69, 9.17) is 5.11 Å². The van der Waals surface area contributed by atoms with Crippen molar-refractivity contribution in [3.05, 3.63) is 35.7 Å². The van der Waals surface area contributed by atoms with Gasteiger partial charge in [-0.3, -0.25) is 14.6 Å². The van der Waals surface area contributed by atoms with Crippen LogP contribution in [0.4, 0.5) is 0 Å². The Hall–Kier alpha value is -2.70. The lowest BCUT2D eigenvalue weighted by Crippen LogP contribution is -2.38. The second-order valence-electron chi connectivity index (χ2n) is 4.69. The van der Waals surface area contributed by atoms with E-state index < -0.39 is 5.97 Å². The van der Waals surface area contributed by atoms with Crippen LogP contribution in [0.1, 0.15) is 28.8 Å². The molecule has 2 rings (SSSR count). The standard InChI is InChI=1S/C14H15N3O4/c18-12-3-2-11(17-12)8-16-14(21)10-5-9(6-15-7-10)1-4-13(19)20/h1,4-7,11H,2-3,8H2,(H,16,21)(H,17,18)(H,19,20). The zero-order valence-electron chi connectivity index (χ0n) is 11.2. The Kier molecular flexibility index (Phi) is 4.65. The molecule has 0 bridgehead atoms. The Labute approximate surface area is 121 Å². The van der Waals surface area contributed by atoms with E-state index in [1.807, 2.05) is 0 Å². The molecule has 0 spiro atoms. The highest BCUT2D eigenvalue weighted by atomic mass is 16.4. The van der Waals surface area contributed by atoms with E-state index in [0.29, 0.717) is 30.5 Å². The van der Waals surface area contributed by atoms with Crippen LogP contribution in [-0.2, 0) is 9.59 Å². The van der Waals surface area contributed by atoms with Gasteiger partial charge in [-0.25, -0.2) is 4.79 Å². The smallest absolute Gasteiger partial charge is 0.328 e. The third-order valence-electron chi connectivity index (χ3n) is 3.03. The topological polar surface area (TPSA) is 108 Å². The lowest BCUT2D eigenvalue weighted by atomic mass is 10.1. The number of carbonyl (C=O) groups excluding carboxylic acids is 2. The van der Waals surface area contributed by atoms with E-state index in [0.717, 1.165) is 6.08 Å². The predicted octanol–water partition coefficient (Wildman–Crippen LogP) is 0.188. The van der Waals surface area contributed by atoms with Crippen molar-refractivity contribution in [2.75, 3.05) is 6.54 Å². The van der Waals surface area contributed by atoms with Gasteiger partial charge in [0.25, 0.3) is 5.91 Å². The van der Waals surface area contributed by atoms with Crippen LogP contribution in [0.25, 0.3) is 6.08 Å². The van der Waals surface area contributed by atoms with Gasteiger partial charge in [-0.1, -0.05) is 0 Å². The highest BCUT2D eigenvalue weighted by Crippen LogP contribution is 2.07. The maximum absolute atomic E-state index is 12.0. The molecule has 1 unspecified atom stereocenters. The second-order valence-corrected chi connectivity index (χ2v) is 4.69. The van der Waals surface area contributed by atoms with Gasteiger partial charge in [0.1, 0.15) is 0 Å². The molecule has 7 heteroatoms. The second kappa shape index (κ2) is 6.65. The number of nitrogens with one attached hydrogen (secondary N) is 2. The molecule has 1 fully saturated rings. The summed E-state index contributed by atoms with van der Waals surface area (Å²) in [6.45, 7) is 0.361. The molecular weight excluding hydrogens is 274 g/mol. The molecule has 1 aliphatic heterocycles. The van der Waals surface area contributed by atoms with E-state index >= 15 is 0 Å². The molecule has 1 atom stereocenters. The van der Waals surface area contributed by atoms with Crippen molar-refractivity contribution in [1.82, 2.24) is 15.6 Å². The van der Waals surface area contributed by atoms with E-state index in [1.54, 1.807) is 6.07 Å². The van der Waals surface area contributed by atoms with Crippen molar-refractivity contribution < 1.29 is 19.5 Å². The predicted molar refractivity (Wildman–Crippen MR) is 74.4 cm³/mol. The van der Waals surface area contributed by atoms with Crippen LogP contribution in [0.5, 0.6) is 0 Å². The fourth-order valence-corrected chi connectivity index (χ4v) is 1.99. The number of rotatable bonds is 5. The van der Waals surface area contributed by atoms with Crippen LogP contribution in [-0.4, -0.2) is 40.5 Å². The highest BCUT2D eigenvalue weighted by Gasteiger charge is 2.21. The molecule has 2 heterocycles. The summed E-state index contributed by atoms with van der Waals surface area (Å²) in [7, 11) is 0. The van der Waals surface area contributed by atoms with Gasteiger partial charge in [-0.15, -0.1) is 0 Å². The number of amides is 2. The fraction of sp³-hybridized carbons (Fsp3) is 0.286. The average Bonchev–Trinajstić information content (AvgIpc) is 2.88. The summed E-state index contributed by atoms with van der Waals surface area (Å²) in [5, 5.41) is 14.0. The Morgan fingerprint density at radius 2 is 2.29 bits per heavy atom. The number of aliphatic carboxylic acids is 1. The molecule has 1 aromatic rings. The average molecular weight is 289 g/mol. The molecule has 110 valence electrons.